The molecule has 104 valence electrons. The van der Waals surface area contributed by atoms with Crippen LogP contribution in [0.25, 0.3) is 0 Å². The number of amides is 1. The Labute approximate surface area is 118 Å². The van der Waals surface area contributed by atoms with E-state index in [9.17, 15) is 4.79 Å². The van der Waals surface area contributed by atoms with Gasteiger partial charge in [0.05, 0.1) is 11.5 Å². The van der Waals surface area contributed by atoms with Gasteiger partial charge in [-0.3, -0.25) is 4.79 Å². The summed E-state index contributed by atoms with van der Waals surface area (Å²) in [6, 6.07) is 7.17. The molecule has 0 unspecified atom stereocenters. The zero-order chi connectivity index (χ0) is 14.3. The third kappa shape index (κ3) is 5.34. The molecule has 0 saturated heterocycles. The van der Waals surface area contributed by atoms with Crippen molar-refractivity contribution in [3.8, 4) is 0 Å². The molecular formula is C13H18N2O3S. The molecule has 3 N–H and O–H groups in total. The highest BCUT2D eigenvalue weighted by atomic mass is 32.1. The van der Waals surface area contributed by atoms with E-state index in [1.54, 1.807) is 18.2 Å². The summed E-state index contributed by atoms with van der Waals surface area (Å²) in [5, 5.41) is 2.73. The summed E-state index contributed by atoms with van der Waals surface area (Å²) in [5.74, 6) is -0.191. The first-order chi connectivity index (χ1) is 9.06. The molecule has 0 bridgehead atoms. The highest BCUT2D eigenvalue weighted by Crippen LogP contribution is 2.06. The fourth-order valence-electron chi connectivity index (χ4n) is 1.56. The number of benzene rings is 1. The van der Waals surface area contributed by atoms with Gasteiger partial charge in [-0.15, -0.1) is 0 Å². The van der Waals surface area contributed by atoms with Crippen LogP contribution in [0.2, 0.25) is 0 Å². The molecule has 0 heterocycles. The predicted octanol–water partition coefficient (Wildman–Crippen LogP) is 0.864. The Balaban J connectivity index is 2.64. The minimum absolute atomic E-state index is 0.191. The Kier molecular flexibility index (Phi) is 6.41. The number of methoxy groups -OCH3 is 2. The highest BCUT2D eigenvalue weighted by Gasteiger charge is 2.10. The molecule has 0 aromatic heterocycles. The van der Waals surface area contributed by atoms with E-state index in [1.165, 1.54) is 14.2 Å². The van der Waals surface area contributed by atoms with E-state index < -0.39 is 6.29 Å². The van der Waals surface area contributed by atoms with E-state index in [-0.39, 0.29) is 12.5 Å². The van der Waals surface area contributed by atoms with Gasteiger partial charge in [0.15, 0.2) is 6.29 Å². The van der Waals surface area contributed by atoms with Gasteiger partial charge in [0.1, 0.15) is 0 Å². The number of nitrogens with two attached hydrogens (primary N) is 1. The topological polar surface area (TPSA) is 73.6 Å². The van der Waals surface area contributed by atoms with Gasteiger partial charge in [0.25, 0.3) is 5.91 Å². The van der Waals surface area contributed by atoms with Gasteiger partial charge < -0.3 is 20.5 Å². The summed E-state index contributed by atoms with van der Waals surface area (Å²) in [6.07, 6.45) is 0.0265. The molecule has 0 aliphatic carbocycles. The van der Waals surface area contributed by atoms with Crippen LogP contribution in [0.3, 0.4) is 0 Å². The second-order valence-corrected chi connectivity index (χ2v) is 4.48. The van der Waals surface area contributed by atoms with Gasteiger partial charge in [0.2, 0.25) is 0 Å². The molecule has 5 nitrogen and oxygen atoms in total. The largest absolute Gasteiger partial charge is 0.393 e. The van der Waals surface area contributed by atoms with Crippen LogP contribution in [0.4, 0.5) is 0 Å². The number of rotatable bonds is 7. The van der Waals surface area contributed by atoms with Crippen molar-refractivity contribution >= 4 is 23.1 Å². The van der Waals surface area contributed by atoms with E-state index in [2.05, 4.69) is 5.32 Å². The van der Waals surface area contributed by atoms with E-state index >= 15 is 0 Å². The lowest BCUT2D eigenvalue weighted by molar-refractivity contribution is -0.0974. The Bertz CT molecular complexity index is 447. The standard InChI is InChI=1S/C13H18N2O3S/c1-17-12(18-2)8-15-13(16)10-5-3-4-9(6-10)7-11(14)19/h3-6,12H,7-8H2,1-2H3,(H2,14,19)(H,15,16). The minimum Gasteiger partial charge on any atom is -0.393 e. The molecule has 0 saturated carbocycles. The Morgan fingerprint density at radius 1 is 1.42 bits per heavy atom. The van der Waals surface area contributed by atoms with Crippen molar-refractivity contribution in [1.82, 2.24) is 5.32 Å². The third-order valence-corrected chi connectivity index (χ3v) is 2.67. The first kappa shape index (κ1) is 15.6. The number of carbonyl (C=O) groups excluding carboxylic acids is 1. The maximum absolute atomic E-state index is 11.9. The minimum atomic E-state index is -0.455. The van der Waals surface area contributed by atoms with Crippen molar-refractivity contribution < 1.29 is 14.3 Å². The van der Waals surface area contributed by atoms with Crippen LogP contribution in [-0.4, -0.2) is 38.0 Å². The van der Waals surface area contributed by atoms with Gasteiger partial charge in [0, 0.05) is 26.2 Å². The molecule has 0 aliphatic rings. The first-order valence-corrected chi connectivity index (χ1v) is 6.18. The summed E-state index contributed by atoms with van der Waals surface area (Å²) in [7, 11) is 3.03. The summed E-state index contributed by atoms with van der Waals surface area (Å²) < 4.78 is 9.98. The number of thiocarbonyl (C=S) groups is 1. The molecule has 19 heavy (non-hydrogen) atoms. The maximum atomic E-state index is 11.9. The third-order valence-electron chi connectivity index (χ3n) is 2.52. The number of ether oxygens (including phenoxy) is 2. The maximum Gasteiger partial charge on any atom is 0.251 e. The number of hydrogen-bond donors (Lipinski definition) is 2. The van der Waals surface area contributed by atoms with Crippen LogP contribution in [0.15, 0.2) is 24.3 Å². The van der Waals surface area contributed by atoms with Crippen molar-refractivity contribution in [2.75, 3.05) is 20.8 Å². The fourth-order valence-corrected chi connectivity index (χ4v) is 1.73. The molecule has 1 amide bonds. The van der Waals surface area contributed by atoms with Crippen molar-refractivity contribution in [2.45, 2.75) is 12.7 Å². The quantitative estimate of drug-likeness (QED) is 0.573. The molecule has 0 aliphatic heterocycles. The van der Waals surface area contributed by atoms with Crippen molar-refractivity contribution in [2.24, 2.45) is 5.73 Å². The summed E-state index contributed by atoms with van der Waals surface area (Å²) in [4.78, 5) is 12.3. The van der Waals surface area contributed by atoms with Crippen LogP contribution in [-0.2, 0) is 15.9 Å². The lowest BCUT2D eigenvalue weighted by Crippen LogP contribution is -2.34. The summed E-state index contributed by atoms with van der Waals surface area (Å²) >= 11 is 4.85. The molecule has 6 heteroatoms. The molecule has 0 spiro atoms. The van der Waals surface area contributed by atoms with Crippen molar-refractivity contribution in [3.05, 3.63) is 35.4 Å². The van der Waals surface area contributed by atoms with E-state index in [0.29, 0.717) is 17.0 Å². The monoisotopic (exact) mass is 282 g/mol. The molecule has 0 fully saturated rings. The van der Waals surface area contributed by atoms with Gasteiger partial charge in [-0.1, -0.05) is 24.4 Å². The normalized spacial score (nSPS) is 10.5. The molecular weight excluding hydrogens is 264 g/mol. The SMILES string of the molecule is COC(CNC(=O)c1cccc(CC(N)=S)c1)OC. The van der Waals surface area contributed by atoms with E-state index in [1.807, 2.05) is 6.07 Å². The highest BCUT2D eigenvalue weighted by molar-refractivity contribution is 7.80. The second kappa shape index (κ2) is 7.83. The molecule has 1 rings (SSSR count). The Morgan fingerprint density at radius 2 is 2.11 bits per heavy atom. The van der Waals surface area contributed by atoms with E-state index in [4.69, 9.17) is 27.4 Å². The van der Waals surface area contributed by atoms with Crippen LogP contribution in [0.1, 0.15) is 15.9 Å². The van der Waals surface area contributed by atoms with Gasteiger partial charge >= 0.3 is 0 Å². The van der Waals surface area contributed by atoms with Gasteiger partial charge in [-0.05, 0) is 17.7 Å². The molecule has 1 aromatic rings. The molecule has 1 aromatic carbocycles. The Hall–Kier alpha value is -1.50. The lowest BCUT2D eigenvalue weighted by atomic mass is 10.1. The number of carbonyl (C=O) groups is 1. The predicted molar refractivity (Wildman–Crippen MR) is 77.1 cm³/mol. The summed E-state index contributed by atoms with van der Waals surface area (Å²) in [5.41, 5.74) is 6.95. The van der Waals surface area contributed by atoms with Crippen LogP contribution < -0.4 is 11.1 Å². The zero-order valence-corrected chi connectivity index (χ0v) is 11.8. The van der Waals surface area contributed by atoms with Crippen molar-refractivity contribution in [3.63, 3.8) is 0 Å². The zero-order valence-electron chi connectivity index (χ0n) is 11.0. The average molecular weight is 282 g/mol. The first-order valence-electron chi connectivity index (χ1n) is 5.78. The van der Waals surface area contributed by atoms with Gasteiger partial charge in [-0.25, -0.2) is 0 Å². The van der Waals surface area contributed by atoms with E-state index in [0.717, 1.165) is 5.56 Å². The fraction of sp³-hybridized carbons (Fsp3) is 0.385. The van der Waals surface area contributed by atoms with Crippen LogP contribution >= 0.6 is 12.2 Å². The molecule has 0 radical (unpaired) electrons. The van der Waals surface area contributed by atoms with Crippen LogP contribution in [0, 0.1) is 0 Å². The van der Waals surface area contributed by atoms with Gasteiger partial charge in [-0.2, -0.15) is 0 Å². The Morgan fingerprint density at radius 3 is 2.68 bits per heavy atom. The lowest BCUT2D eigenvalue weighted by Gasteiger charge is -2.14. The average Bonchev–Trinajstić information content (AvgIpc) is 2.39. The summed E-state index contributed by atoms with van der Waals surface area (Å²) in [6.45, 7) is 0.283. The molecule has 0 atom stereocenters. The number of nitrogens with one attached hydrogen (secondary N) is 1. The van der Waals surface area contributed by atoms with Crippen molar-refractivity contribution in [1.29, 1.82) is 0 Å². The second-order valence-electron chi connectivity index (χ2n) is 3.95. The smallest absolute Gasteiger partial charge is 0.251 e. The number of hydrogen-bond acceptors (Lipinski definition) is 4. The van der Waals surface area contributed by atoms with Crippen LogP contribution in [0.5, 0.6) is 0 Å².